The Bertz CT molecular complexity index is 951. The maximum atomic E-state index is 13.7. The summed E-state index contributed by atoms with van der Waals surface area (Å²) in [5.41, 5.74) is 0.689. The van der Waals surface area contributed by atoms with Crippen LogP contribution < -0.4 is 5.32 Å². The van der Waals surface area contributed by atoms with Crippen molar-refractivity contribution in [3.63, 3.8) is 0 Å². The van der Waals surface area contributed by atoms with Crippen molar-refractivity contribution >= 4 is 23.5 Å². The quantitative estimate of drug-likeness (QED) is 0.605. The number of anilines is 1. The molecule has 0 radical (unpaired) electrons. The van der Waals surface area contributed by atoms with Crippen LogP contribution in [0.2, 0.25) is 0 Å². The third-order valence-electron chi connectivity index (χ3n) is 4.03. The Labute approximate surface area is 168 Å². The van der Waals surface area contributed by atoms with E-state index in [-0.39, 0.29) is 23.6 Å². The molecule has 1 aromatic carbocycles. The second-order valence-corrected chi connectivity index (χ2v) is 8.48. The zero-order valence-electron chi connectivity index (χ0n) is 16.1. The molecular weight excluding hydrogens is 375 g/mol. The molecule has 146 valence electrons. The Kier molecular flexibility index (Phi) is 6.14. The van der Waals surface area contributed by atoms with Crippen molar-refractivity contribution in [1.29, 1.82) is 0 Å². The summed E-state index contributed by atoms with van der Waals surface area (Å²) < 4.78 is 15.3. The topological polar surface area (TPSA) is 59.8 Å². The van der Waals surface area contributed by atoms with Crippen LogP contribution in [0.1, 0.15) is 32.9 Å². The van der Waals surface area contributed by atoms with Gasteiger partial charge in [-0.3, -0.25) is 4.79 Å². The maximum Gasteiger partial charge on any atom is 0.226 e. The second-order valence-electron chi connectivity index (χ2n) is 7.34. The Morgan fingerprint density at radius 2 is 1.93 bits per heavy atom. The third-order valence-corrected chi connectivity index (χ3v) is 5.09. The van der Waals surface area contributed by atoms with E-state index in [0.717, 1.165) is 5.69 Å². The monoisotopic (exact) mass is 398 g/mol. The van der Waals surface area contributed by atoms with Gasteiger partial charge in [0.1, 0.15) is 11.6 Å². The zero-order valence-corrected chi connectivity index (χ0v) is 17.0. The molecule has 1 amide bonds. The molecule has 0 aliphatic carbocycles. The highest BCUT2D eigenvalue weighted by atomic mass is 32.2. The summed E-state index contributed by atoms with van der Waals surface area (Å²) in [5, 5.41) is 7.55. The van der Waals surface area contributed by atoms with Gasteiger partial charge in [0.15, 0.2) is 5.82 Å². The fraction of sp³-hybridized carbons (Fsp3) is 0.286. The number of nitrogens with one attached hydrogen (secondary N) is 1. The zero-order chi connectivity index (χ0) is 20.1. The van der Waals surface area contributed by atoms with Crippen molar-refractivity contribution in [2.75, 3.05) is 11.1 Å². The van der Waals surface area contributed by atoms with Crippen LogP contribution in [0.3, 0.4) is 0 Å². The summed E-state index contributed by atoms with van der Waals surface area (Å²) in [4.78, 5) is 17.3. The molecule has 3 aromatic rings. The van der Waals surface area contributed by atoms with Gasteiger partial charge >= 0.3 is 0 Å². The fourth-order valence-electron chi connectivity index (χ4n) is 2.51. The van der Waals surface area contributed by atoms with Crippen molar-refractivity contribution in [2.45, 2.75) is 37.5 Å². The van der Waals surface area contributed by atoms with Gasteiger partial charge in [-0.15, -0.1) is 11.8 Å². The average Bonchev–Trinajstić information content (AvgIpc) is 3.08. The van der Waals surface area contributed by atoms with Crippen molar-refractivity contribution in [3.05, 3.63) is 66.2 Å². The highest BCUT2D eigenvalue weighted by molar-refractivity contribution is 7.99. The molecular formula is C21H23FN4OS. The first-order valence-corrected chi connectivity index (χ1v) is 10.0. The Balaban J connectivity index is 1.71. The molecule has 0 aliphatic rings. The first kappa shape index (κ1) is 20.1. The molecule has 0 spiro atoms. The van der Waals surface area contributed by atoms with Crippen LogP contribution in [0.5, 0.6) is 0 Å². The minimum atomic E-state index is -0.268. The van der Waals surface area contributed by atoms with E-state index in [1.54, 1.807) is 29.1 Å². The lowest BCUT2D eigenvalue weighted by Crippen LogP contribution is -2.16. The summed E-state index contributed by atoms with van der Waals surface area (Å²) >= 11 is 1.33. The molecule has 0 bridgehead atoms. The van der Waals surface area contributed by atoms with Gasteiger partial charge in [0.05, 0.1) is 5.69 Å². The van der Waals surface area contributed by atoms with Crippen LogP contribution in [0.15, 0.2) is 59.6 Å². The number of benzene rings is 1. The SMILES string of the molecule is CC(C)(C)c1cc(NC(=O)CCSc2ccccc2F)n(-c2ccccn2)n1. The van der Waals surface area contributed by atoms with E-state index < -0.39 is 0 Å². The van der Waals surface area contributed by atoms with Crippen LogP contribution in [0.4, 0.5) is 10.2 Å². The maximum absolute atomic E-state index is 13.7. The number of hydrogen-bond donors (Lipinski definition) is 1. The number of halogens is 1. The summed E-state index contributed by atoms with van der Waals surface area (Å²) in [6, 6.07) is 14.0. The van der Waals surface area contributed by atoms with Crippen LogP contribution in [0.25, 0.3) is 5.82 Å². The van der Waals surface area contributed by atoms with E-state index in [1.807, 2.05) is 24.3 Å². The number of carbonyl (C=O) groups excluding carboxylic acids is 1. The predicted molar refractivity (Wildman–Crippen MR) is 110 cm³/mol. The molecule has 0 atom stereocenters. The second kappa shape index (κ2) is 8.56. The molecule has 0 saturated carbocycles. The number of carbonyl (C=O) groups is 1. The number of rotatable bonds is 6. The largest absolute Gasteiger partial charge is 0.311 e. The fourth-order valence-corrected chi connectivity index (χ4v) is 3.40. The van der Waals surface area contributed by atoms with E-state index in [0.29, 0.717) is 22.3 Å². The highest BCUT2D eigenvalue weighted by Crippen LogP contribution is 2.26. The minimum Gasteiger partial charge on any atom is -0.311 e. The van der Waals surface area contributed by atoms with Gasteiger partial charge in [-0.2, -0.15) is 9.78 Å². The van der Waals surface area contributed by atoms with Gasteiger partial charge < -0.3 is 5.32 Å². The third kappa shape index (κ3) is 4.98. The summed E-state index contributed by atoms with van der Waals surface area (Å²) in [5.74, 6) is 1.27. The molecule has 2 heterocycles. The lowest BCUT2D eigenvalue weighted by Gasteiger charge is -2.13. The molecule has 1 N–H and O–H groups in total. The number of hydrogen-bond acceptors (Lipinski definition) is 4. The highest BCUT2D eigenvalue weighted by Gasteiger charge is 2.21. The molecule has 0 saturated heterocycles. The Morgan fingerprint density at radius 1 is 1.18 bits per heavy atom. The average molecular weight is 399 g/mol. The number of pyridine rings is 1. The first-order valence-electron chi connectivity index (χ1n) is 9.04. The number of aromatic nitrogens is 3. The van der Waals surface area contributed by atoms with E-state index in [1.165, 1.54) is 17.8 Å². The van der Waals surface area contributed by atoms with E-state index in [2.05, 4.69) is 36.2 Å². The molecule has 3 rings (SSSR count). The lowest BCUT2D eigenvalue weighted by atomic mass is 9.92. The van der Waals surface area contributed by atoms with Crippen molar-refractivity contribution < 1.29 is 9.18 Å². The number of amides is 1. The normalized spacial score (nSPS) is 11.4. The number of thioether (sulfide) groups is 1. The van der Waals surface area contributed by atoms with Gasteiger partial charge in [-0.05, 0) is 24.3 Å². The molecule has 0 unspecified atom stereocenters. The first-order chi connectivity index (χ1) is 13.3. The predicted octanol–water partition coefficient (Wildman–Crippen LogP) is 4.82. The molecule has 2 aromatic heterocycles. The van der Waals surface area contributed by atoms with Gasteiger partial charge in [-0.25, -0.2) is 9.37 Å². The Hall–Kier alpha value is -2.67. The van der Waals surface area contributed by atoms with Crippen LogP contribution in [-0.4, -0.2) is 26.4 Å². The molecule has 5 nitrogen and oxygen atoms in total. The van der Waals surface area contributed by atoms with Crippen molar-refractivity contribution in [1.82, 2.24) is 14.8 Å². The van der Waals surface area contributed by atoms with Crippen molar-refractivity contribution in [3.8, 4) is 5.82 Å². The molecule has 0 fully saturated rings. The summed E-state index contributed by atoms with van der Waals surface area (Å²) in [6.45, 7) is 6.19. The van der Waals surface area contributed by atoms with E-state index in [9.17, 15) is 9.18 Å². The minimum absolute atomic E-state index is 0.152. The Morgan fingerprint density at radius 3 is 2.61 bits per heavy atom. The van der Waals surface area contributed by atoms with Crippen LogP contribution in [-0.2, 0) is 10.2 Å². The van der Waals surface area contributed by atoms with Gasteiger partial charge in [0.2, 0.25) is 5.91 Å². The lowest BCUT2D eigenvalue weighted by molar-refractivity contribution is -0.115. The van der Waals surface area contributed by atoms with Crippen molar-refractivity contribution in [2.24, 2.45) is 0 Å². The summed E-state index contributed by atoms with van der Waals surface area (Å²) in [7, 11) is 0. The van der Waals surface area contributed by atoms with Crippen LogP contribution >= 0.6 is 11.8 Å². The van der Waals surface area contributed by atoms with Gasteiger partial charge in [0.25, 0.3) is 0 Å². The standard InChI is InChI=1S/C21H23FN4OS/c1-21(2,3)17-14-19(26(25-17)18-10-6-7-12-23-18)24-20(27)11-13-28-16-9-5-4-8-15(16)22/h4-10,12,14H,11,13H2,1-3H3,(H,24,27). The molecule has 28 heavy (non-hydrogen) atoms. The van der Waals surface area contributed by atoms with Crippen LogP contribution in [0, 0.1) is 5.82 Å². The van der Waals surface area contributed by atoms with Gasteiger partial charge in [-0.1, -0.05) is 39.0 Å². The van der Waals surface area contributed by atoms with E-state index in [4.69, 9.17) is 0 Å². The molecule has 0 aliphatic heterocycles. The number of nitrogens with zero attached hydrogens (tertiary/aromatic N) is 3. The smallest absolute Gasteiger partial charge is 0.226 e. The van der Waals surface area contributed by atoms with E-state index >= 15 is 0 Å². The summed E-state index contributed by atoms with van der Waals surface area (Å²) in [6.07, 6.45) is 1.95. The molecule has 7 heteroatoms. The van der Waals surface area contributed by atoms with Gasteiger partial charge in [0, 0.05) is 34.7 Å².